The van der Waals surface area contributed by atoms with Crippen LogP contribution in [0.2, 0.25) is 0 Å². The Kier molecular flexibility index (Phi) is 3.87. The van der Waals surface area contributed by atoms with Crippen LogP contribution >= 0.6 is 0 Å². The van der Waals surface area contributed by atoms with Gasteiger partial charge in [0.15, 0.2) is 0 Å². The molecule has 0 aliphatic carbocycles. The lowest BCUT2D eigenvalue weighted by atomic mass is 9.96. The highest BCUT2D eigenvalue weighted by atomic mass is 16.5. The highest BCUT2D eigenvalue weighted by molar-refractivity contribution is 5.68. The molecule has 2 aromatic rings. The summed E-state index contributed by atoms with van der Waals surface area (Å²) >= 11 is 0. The second-order valence-electron chi connectivity index (χ2n) is 4.84. The lowest BCUT2D eigenvalue weighted by molar-refractivity contribution is 0.415. The number of hydrogen-bond acceptors (Lipinski definition) is 2. The Hall–Kier alpha value is -2.27. The number of hydrogen-bond donors (Lipinski definition) is 0. The van der Waals surface area contributed by atoms with Crippen molar-refractivity contribution in [2.45, 2.75) is 19.8 Å². The molecule has 0 N–H and O–H groups in total. The second-order valence-corrected chi connectivity index (χ2v) is 4.84. The summed E-state index contributed by atoms with van der Waals surface area (Å²) in [4.78, 5) is 0. The van der Waals surface area contributed by atoms with Crippen LogP contribution in [0, 0.1) is 11.3 Å². The molecule has 0 aromatic heterocycles. The Morgan fingerprint density at radius 3 is 2.47 bits per heavy atom. The van der Waals surface area contributed by atoms with Gasteiger partial charge in [0.25, 0.3) is 0 Å². The van der Waals surface area contributed by atoms with Gasteiger partial charge in [-0.2, -0.15) is 5.26 Å². The Morgan fingerprint density at radius 1 is 1.05 bits per heavy atom. The third-order valence-electron chi connectivity index (χ3n) is 3.16. The predicted octanol–water partition coefficient (Wildman–Crippen LogP) is 4.36. The molecular weight excluding hydrogens is 234 g/mol. The summed E-state index contributed by atoms with van der Waals surface area (Å²) in [6.45, 7) is 4.34. The van der Waals surface area contributed by atoms with Crippen LogP contribution in [0.15, 0.2) is 42.5 Å². The lowest BCUT2D eigenvalue weighted by Gasteiger charge is -2.10. The van der Waals surface area contributed by atoms with Crippen LogP contribution in [-0.2, 0) is 0 Å². The standard InChI is InChI=1S/C17H17NO/c1-12(2)14-5-4-6-15(9-14)16-7-13(11-18)8-17(10-16)19-3/h4-10,12H,1-3H3. The van der Waals surface area contributed by atoms with Gasteiger partial charge in [0.05, 0.1) is 18.7 Å². The fourth-order valence-electron chi connectivity index (χ4n) is 2.03. The van der Waals surface area contributed by atoms with Crippen LogP contribution in [0.3, 0.4) is 0 Å². The van der Waals surface area contributed by atoms with Gasteiger partial charge >= 0.3 is 0 Å². The van der Waals surface area contributed by atoms with Crippen molar-refractivity contribution in [2.24, 2.45) is 0 Å². The van der Waals surface area contributed by atoms with Gasteiger partial charge < -0.3 is 4.74 Å². The first-order valence-electron chi connectivity index (χ1n) is 6.33. The Labute approximate surface area is 114 Å². The third-order valence-corrected chi connectivity index (χ3v) is 3.16. The second kappa shape index (κ2) is 5.58. The SMILES string of the molecule is COc1cc(C#N)cc(-c2cccc(C(C)C)c2)c1. The van der Waals surface area contributed by atoms with Gasteiger partial charge in [-0.15, -0.1) is 0 Å². The maximum Gasteiger partial charge on any atom is 0.120 e. The van der Waals surface area contributed by atoms with Gasteiger partial charge in [0.1, 0.15) is 5.75 Å². The molecule has 0 fully saturated rings. The number of methoxy groups -OCH3 is 1. The zero-order valence-corrected chi connectivity index (χ0v) is 11.5. The van der Waals surface area contributed by atoms with Crippen molar-refractivity contribution in [3.63, 3.8) is 0 Å². The zero-order valence-electron chi connectivity index (χ0n) is 11.5. The van der Waals surface area contributed by atoms with Crippen LogP contribution in [0.25, 0.3) is 11.1 Å². The fraction of sp³-hybridized carbons (Fsp3) is 0.235. The Bertz CT molecular complexity index is 623. The molecule has 0 spiro atoms. The number of benzene rings is 2. The van der Waals surface area contributed by atoms with E-state index in [1.807, 2.05) is 12.1 Å². The van der Waals surface area contributed by atoms with Crippen molar-refractivity contribution in [1.29, 1.82) is 5.26 Å². The van der Waals surface area contributed by atoms with Gasteiger partial charge in [0, 0.05) is 0 Å². The van der Waals surface area contributed by atoms with E-state index in [1.54, 1.807) is 13.2 Å². The average molecular weight is 251 g/mol. The molecule has 0 saturated carbocycles. The smallest absolute Gasteiger partial charge is 0.120 e. The van der Waals surface area contributed by atoms with Crippen molar-refractivity contribution in [3.8, 4) is 22.9 Å². The molecule has 2 heteroatoms. The molecule has 0 bridgehead atoms. The summed E-state index contributed by atoms with van der Waals surface area (Å²) in [5.74, 6) is 1.20. The minimum atomic E-state index is 0.487. The first-order chi connectivity index (χ1) is 9.13. The molecule has 0 unspecified atom stereocenters. The molecular formula is C17H17NO. The number of nitriles is 1. The summed E-state index contributed by atoms with van der Waals surface area (Å²) in [6.07, 6.45) is 0. The van der Waals surface area contributed by atoms with Crippen molar-refractivity contribution in [1.82, 2.24) is 0 Å². The van der Waals surface area contributed by atoms with E-state index in [1.165, 1.54) is 5.56 Å². The van der Waals surface area contributed by atoms with Crippen molar-refractivity contribution < 1.29 is 4.74 Å². The number of ether oxygens (including phenoxy) is 1. The summed E-state index contributed by atoms with van der Waals surface area (Å²) < 4.78 is 5.25. The van der Waals surface area contributed by atoms with Gasteiger partial charge in [-0.1, -0.05) is 38.1 Å². The summed E-state index contributed by atoms with van der Waals surface area (Å²) in [5.41, 5.74) is 4.03. The molecule has 96 valence electrons. The van der Waals surface area contributed by atoms with Crippen LogP contribution in [0.5, 0.6) is 5.75 Å². The van der Waals surface area contributed by atoms with Crippen molar-refractivity contribution in [3.05, 3.63) is 53.6 Å². The zero-order chi connectivity index (χ0) is 13.8. The molecule has 2 nitrogen and oxygen atoms in total. The summed E-state index contributed by atoms with van der Waals surface area (Å²) in [5, 5.41) is 9.07. The molecule has 0 aliphatic rings. The van der Waals surface area contributed by atoms with Crippen LogP contribution < -0.4 is 4.74 Å². The monoisotopic (exact) mass is 251 g/mol. The molecule has 0 saturated heterocycles. The lowest BCUT2D eigenvalue weighted by Crippen LogP contribution is -1.90. The van der Waals surface area contributed by atoms with Crippen LogP contribution in [0.4, 0.5) is 0 Å². The summed E-state index contributed by atoms with van der Waals surface area (Å²) in [6, 6.07) is 16.2. The molecule has 2 rings (SSSR count). The number of nitrogens with zero attached hydrogens (tertiary/aromatic N) is 1. The van der Waals surface area contributed by atoms with E-state index in [9.17, 15) is 0 Å². The first-order valence-corrected chi connectivity index (χ1v) is 6.33. The molecule has 0 aliphatic heterocycles. The van der Waals surface area contributed by atoms with Crippen molar-refractivity contribution >= 4 is 0 Å². The highest BCUT2D eigenvalue weighted by Crippen LogP contribution is 2.28. The van der Waals surface area contributed by atoms with E-state index in [0.717, 1.165) is 11.1 Å². The topological polar surface area (TPSA) is 33.0 Å². The quantitative estimate of drug-likeness (QED) is 0.812. The Morgan fingerprint density at radius 2 is 1.84 bits per heavy atom. The first kappa shape index (κ1) is 13.2. The molecule has 19 heavy (non-hydrogen) atoms. The predicted molar refractivity (Wildman–Crippen MR) is 77.2 cm³/mol. The third kappa shape index (κ3) is 2.95. The minimum absolute atomic E-state index is 0.487. The maximum atomic E-state index is 9.07. The van der Waals surface area contributed by atoms with Crippen molar-refractivity contribution in [2.75, 3.05) is 7.11 Å². The number of rotatable bonds is 3. The molecule has 2 aromatic carbocycles. The van der Waals surface area contributed by atoms with E-state index in [2.05, 4.69) is 44.2 Å². The van der Waals surface area contributed by atoms with Gasteiger partial charge in [-0.05, 0) is 40.8 Å². The van der Waals surface area contributed by atoms with Gasteiger partial charge in [0.2, 0.25) is 0 Å². The van der Waals surface area contributed by atoms with Gasteiger partial charge in [-0.25, -0.2) is 0 Å². The fourth-order valence-corrected chi connectivity index (χ4v) is 2.03. The molecule has 0 heterocycles. The molecule has 0 amide bonds. The van der Waals surface area contributed by atoms with Gasteiger partial charge in [-0.3, -0.25) is 0 Å². The highest BCUT2D eigenvalue weighted by Gasteiger charge is 2.06. The normalized spacial score (nSPS) is 10.3. The van der Waals surface area contributed by atoms with Crippen LogP contribution in [0.1, 0.15) is 30.9 Å². The largest absolute Gasteiger partial charge is 0.497 e. The van der Waals surface area contributed by atoms with E-state index in [-0.39, 0.29) is 0 Å². The maximum absolute atomic E-state index is 9.07. The summed E-state index contributed by atoms with van der Waals surface area (Å²) in [7, 11) is 1.62. The van der Waals surface area contributed by atoms with E-state index < -0.39 is 0 Å². The Balaban J connectivity index is 2.52. The molecule has 0 radical (unpaired) electrons. The minimum Gasteiger partial charge on any atom is -0.497 e. The average Bonchev–Trinajstić information content (AvgIpc) is 2.46. The van der Waals surface area contributed by atoms with Crippen LogP contribution in [-0.4, -0.2) is 7.11 Å². The van der Waals surface area contributed by atoms with E-state index >= 15 is 0 Å². The molecule has 0 atom stereocenters. The van der Waals surface area contributed by atoms with E-state index in [0.29, 0.717) is 17.2 Å². The van der Waals surface area contributed by atoms with E-state index in [4.69, 9.17) is 10.00 Å².